The fourth-order valence-electron chi connectivity index (χ4n) is 5.22. The van der Waals surface area contributed by atoms with Crippen LogP contribution in [0.1, 0.15) is 80.4 Å². The lowest BCUT2D eigenvalue weighted by Crippen LogP contribution is -2.51. The van der Waals surface area contributed by atoms with E-state index < -0.39 is 17.2 Å². The number of fused-ring (bicyclic) bond motifs is 3. The summed E-state index contributed by atoms with van der Waals surface area (Å²) in [6.07, 6.45) is -0.599. The first-order valence-corrected chi connectivity index (χ1v) is 11.0. The molecule has 170 valence electrons. The van der Waals surface area contributed by atoms with Gasteiger partial charge in [-0.3, -0.25) is 9.59 Å². The Morgan fingerprint density at radius 2 is 1.66 bits per heavy atom. The summed E-state index contributed by atoms with van der Waals surface area (Å²) >= 11 is 0. The van der Waals surface area contributed by atoms with Gasteiger partial charge in [0.15, 0.2) is 5.78 Å². The van der Waals surface area contributed by atoms with Crippen molar-refractivity contribution in [1.82, 2.24) is 0 Å². The molecule has 0 spiro atoms. The number of ketones is 1. The third-order valence-corrected chi connectivity index (χ3v) is 6.94. The van der Waals surface area contributed by atoms with Crippen LogP contribution in [-0.4, -0.2) is 17.7 Å². The van der Waals surface area contributed by atoms with Crippen LogP contribution in [-0.2, 0) is 16.4 Å². The SMILES string of the molecule is CC(C)(C)C(=O)N1c2c(C(=O)c3ccc(C(F)(F)F)cc3)cccc2C2(C)CCCCC12. The van der Waals surface area contributed by atoms with Gasteiger partial charge >= 0.3 is 6.18 Å². The monoisotopic (exact) mass is 443 g/mol. The molecule has 32 heavy (non-hydrogen) atoms. The number of carbonyl (C=O) groups excluding carboxylic acids is 2. The van der Waals surface area contributed by atoms with Crippen LogP contribution < -0.4 is 4.90 Å². The lowest BCUT2D eigenvalue weighted by atomic mass is 9.69. The Morgan fingerprint density at radius 3 is 2.25 bits per heavy atom. The predicted octanol–water partition coefficient (Wildman–Crippen LogP) is 6.53. The maximum Gasteiger partial charge on any atom is 0.416 e. The second kappa shape index (κ2) is 7.46. The van der Waals surface area contributed by atoms with Crippen LogP contribution in [0.4, 0.5) is 18.9 Å². The Kier molecular flexibility index (Phi) is 5.26. The average Bonchev–Trinajstić information content (AvgIpc) is 3.00. The largest absolute Gasteiger partial charge is 0.416 e. The molecule has 0 saturated heterocycles. The summed E-state index contributed by atoms with van der Waals surface area (Å²) < 4.78 is 38.9. The van der Waals surface area contributed by atoms with E-state index in [1.54, 1.807) is 6.07 Å². The Morgan fingerprint density at radius 1 is 1.00 bits per heavy atom. The Hall–Kier alpha value is -2.63. The van der Waals surface area contributed by atoms with Crippen LogP contribution in [0.2, 0.25) is 0 Å². The van der Waals surface area contributed by atoms with Crippen molar-refractivity contribution in [2.45, 2.75) is 71.0 Å². The first-order chi connectivity index (χ1) is 14.9. The summed E-state index contributed by atoms with van der Waals surface area (Å²) in [6, 6.07) is 9.74. The minimum absolute atomic E-state index is 0.0282. The Labute approximate surface area is 186 Å². The quantitative estimate of drug-likeness (QED) is 0.495. The fourth-order valence-corrected chi connectivity index (χ4v) is 5.22. The summed E-state index contributed by atoms with van der Waals surface area (Å²) in [5.74, 6) is -0.411. The first kappa shape index (κ1) is 22.6. The van der Waals surface area contributed by atoms with Crippen molar-refractivity contribution in [3.63, 3.8) is 0 Å². The number of halogens is 3. The zero-order valence-corrected chi connectivity index (χ0v) is 18.8. The molecule has 2 unspecified atom stereocenters. The van der Waals surface area contributed by atoms with Gasteiger partial charge in [0.05, 0.1) is 11.3 Å². The predicted molar refractivity (Wildman–Crippen MR) is 118 cm³/mol. The molecular weight excluding hydrogens is 415 g/mol. The lowest BCUT2D eigenvalue weighted by molar-refractivity contribution is -0.137. The second-order valence-electron chi connectivity index (χ2n) is 10.2. The number of hydrogen-bond acceptors (Lipinski definition) is 2. The number of nitrogens with zero attached hydrogens (tertiary/aromatic N) is 1. The van der Waals surface area contributed by atoms with Gasteiger partial charge in [-0.1, -0.05) is 64.8 Å². The van der Waals surface area contributed by atoms with Gasteiger partial charge in [-0.05, 0) is 36.6 Å². The van der Waals surface area contributed by atoms with Crippen molar-refractivity contribution < 1.29 is 22.8 Å². The molecule has 0 radical (unpaired) electrons. The summed E-state index contributed by atoms with van der Waals surface area (Å²) in [6.45, 7) is 7.77. The summed E-state index contributed by atoms with van der Waals surface area (Å²) in [5, 5.41) is 0. The molecular formula is C26H28F3NO2. The molecule has 1 amide bonds. The lowest BCUT2D eigenvalue weighted by Gasteiger charge is -2.41. The Balaban J connectivity index is 1.85. The standard InChI is InChI=1S/C26H28F3NO2/c1-24(2,3)23(32)30-20-10-5-6-15-25(20,4)19-9-7-8-18(21(19)30)22(31)16-11-13-17(14-12-16)26(27,28)29/h7-9,11-14,20H,5-6,10,15H2,1-4H3. The topological polar surface area (TPSA) is 37.4 Å². The van der Waals surface area contributed by atoms with Gasteiger partial charge in [-0.15, -0.1) is 0 Å². The maximum absolute atomic E-state index is 13.6. The van der Waals surface area contributed by atoms with Crippen LogP contribution >= 0.6 is 0 Å². The highest BCUT2D eigenvalue weighted by atomic mass is 19.4. The van der Waals surface area contributed by atoms with Gasteiger partial charge in [0.1, 0.15) is 0 Å². The molecule has 1 aliphatic heterocycles. The molecule has 1 fully saturated rings. The molecule has 2 aromatic carbocycles. The zero-order chi connectivity index (χ0) is 23.5. The summed E-state index contributed by atoms with van der Waals surface area (Å²) in [7, 11) is 0. The minimum atomic E-state index is -4.46. The van der Waals surface area contributed by atoms with Crippen LogP contribution in [0.3, 0.4) is 0 Å². The number of amides is 1. The third kappa shape index (κ3) is 3.54. The molecule has 1 heterocycles. The zero-order valence-electron chi connectivity index (χ0n) is 18.8. The highest BCUT2D eigenvalue weighted by molar-refractivity contribution is 6.16. The van der Waals surface area contributed by atoms with Gasteiger partial charge in [0, 0.05) is 28.0 Å². The number of rotatable bonds is 2. The van der Waals surface area contributed by atoms with Crippen LogP contribution in [0.5, 0.6) is 0 Å². The Bertz CT molecular complexity index is 1070. The number of carbonyl (C=O) groups is 2. The molecule has 3 nitrogen and oxygen atoms in total. The molecule has 2 aromatic rings. The van der Waals surface area contributed by atoms with E-state index in [2.05, 4.69) is 6.92 Å². The van der Waals surface area contributed by atoms with E-state index in [4.69, 9.17) is 0 Å². The van der Waals surface area contributed by atoms with Crippen LogP contribution in [0, 0.1) is 5.41 Å². The minimum Gasteiger partial charge on any atom is -0.307 e. The first-order valence-electron chi connectivity index (χ1n) is 11.0. The molecule has 0 aromatic heterocycles. The van der Waals surface area contributed by atoms with Crippen LogP contribution in [0.15, 0.2) is 42.5 Å². The molecule has 1 aliphatic carbocycles. The van der Waals surface area contributed by atoms with E-state index in [-0.39, 0.29) is 28.7 Å². The van der Waals surface area contributed by atoms with Gasteiger partial charge in [0.2, 0.25) is 5.91 Å². The molecule has 4 rings (SSSR count). The second-order valence-corrected chi connectivity index (χ2v) is 10.2. The fraction of sp³-hybridized carbons (Fsp3) is 0.462. The summed E-state index contributed by atoms with van der Waals surface area (Å²) in [5.41, 5.74) is 0.486. The smallest absolute Gasteiger partial charge is 0.307 e. The van der Waals surface area contributed by atoms with E-state index in [0.717, 1.165) is 43.4 Å². The molecule has 2 aliphatic rings. The van der Waals surface area contributed by atoms with E-state index >= 15 is 0 Å². The average molecular weight is 444 g/mol. The van der Waals surface area contributed by atoms with Gasteiger partial charge in [-0.2, -0.15) is 13.2 Å². The number of benzene rings is 2. The van der Waals surface area contributed by atoms with E-state index in [1.807, 2.05) is 37.8 Å². The van der Waals surface area contributed by atoms with Crippen molar-refractivity contribution in [3.05, 3.63) is 64.7 Å². The third-order valence-electron chi connectivity index (χ3n) is 6.94. The van der Waals surface area contributed by atoms with E-state index in [1.165, 1.54) is 12.1 Å². The summed E-state index contributed by atoms with van der Waals surface area (Å²) in [4.78, 5) is 28.9. The molecule has 2 atom stereocenters. The van der Waals surface area contributed by atoms with Crippen molar-refractivity contribution in [3.8, 4) is 0 Å². The molecule has 6 heteroatoms. The van der Waals surface area contributed by atoms with Crippen LogP contribution in [0.25, 0.3) is 0 Å². The highest BCUT2D eigenvalue weighted by Gasteiger charge is 2.53. The number of alkyl halides is 3. The van der Waals surface area contributed by atoms with Gasteiger partial charge in [-0.25, -0.2) is 0 Å². The number of anilines is 1. The van der Waals surface area contributed by atoms with Crippen molar-refractivity contribution in [1.29, 1.82) is 0 Å². The highest BCUT2D eigenvalue weighted by Crippen LogP contribution is 2.54. The van der Waals surface area contributed by atoms with E-state index in [9.17, 15) is 22.8 Å². The maximum atomic E-state index is 13.6. The molecule has 0 N–H and O–H groups in total. The van der Waals surface area contributed by atoms with Crippen molar-refractivity contribution in [2.75, 3.05) is 4.90 Å². The molecule has 0 bridgehead atoms. The normalized spacial score (nSPS) is 23.0. The van der Waals surface area contributed by atoms with Crippen molar-refractivity contribution >= 4 is 17.4 Å². The van der Waals surface area contributed by atoms with Crippen molar-refractivity contribution in [2.24, 2.45) is 5.41 Å². The van der Waals surface area contributed by atoms with Gasteiger partial charge < -0.3 is 4.90 Å². The number of para-hydroxylation sites is 1. The molecule has 1 saturated carbocycles. The number of hydrogen-bond donors (Lipinski definition) is 0. The van der Waals surface area contributed by atoms with Gasteiger partial charge in [0.25, 0.3) is 0 Å². The van der Waals surface area contributed by atoms with E-state index in [0.29, 0.717) is 11.3 Å².